The van der Waals surface area contributed by atoms with Gasteiger partial charge < -0.3 is 15.5 Å². The van der Waals surface area contributed by atoms with Crippen LogP contribution < -0.4 is 5.73 Å². The van der Waals surface area contributed by atoms with Crippen molar-refractivity contribution in [1.82, 2.24) is 14.8 Å². The van der Waals surface area contributed by atoms with Crippen molar-refractivity contribution in [2.45, 2.75) is 19.4 Å². The Bertz CT molecular complexity index is 412. The molecule has 2 rings (SSSR count). The van der Waals surface area contributed by atoms with Crippen molar-refractivity contribution in [1.29, 1.82) is 0 Å². The number of pyridine rings is 1. The molecule has 0 unspecified atom stereocenters. The number of rotatable bonds is 5. The highest BCUT2D eigenvalue weighted by molar-refractivity contribution is 5.92. The van der Waals surface area contributed by atoms with Gasteiger partial charge in [-0.25, -0.2) is 0 Å². The Labute approximate surface area is 114 Å². The lowest BCUT2D eigenvalue weighted by Crippen LogP contribution is -2.35. The van der Waals surface area contributed by atoms with Crippen LogP contribution >= 0.6 is 0 Å². The highest BCUT2D eigenvalue weighted by Crippen LogP contribution is 2.07. The molecule has 5 heteroatoms. The van der Waals surface area contributed by atoms with Crippen LogP contribution in [0, 0.1) is 0 Å². The summed E-state index contributed by atoms with van der Waals surface area (Å²) in [5, 5.41) is 0. The molecular weight excluding hydrogens is 240 g/mol. The summed E-state index contributed by atoms with van der Waals surface area (Å²) in [5.41, 5.74) is 6.94. The Balaban J connectivity index is 1.86. The Morgan fingerprint density at radius 2 is 2.16 bits per heavy atom. The maximum atomic E-state index is 12.2. The fourth-order valence-electron chi connectivity index (χ4n) is 2.27. The minimum absolute atomic E-state index is 0.0252. The largest absolute Gasteiger partial charge is 0.339 e. The van der Waals surface area contributed by atoms with Crippen molar-refractivity contribution in [3.63, 3.8) is 0 Å². The van der Waals surface area contributed by atoms with Crippen molar-refractivity contribution >= 4 is 5.91 Å². The highest BCUT2D eigenvalue weighted by atomic mass is 16.2. The lowest BCUT2D eigenvalue weighted by molar-refractivity contribution is 0.0776. The summed E-state index contributed by atoms with van der Waals surface area (Å²) in [7, 11) is 1.83. The quantitative estimate of drug-likeness (QED) is 0.849. The first-order chi connectivity index (χ1) is 9.20. The predicted octanol–water partition coefficient (Wildman–Crippen LogP) is 0.708. The summed E-state index contributed by atoms with van der Waals surface area (Å²) in [6, 6.07) is 3.60. The van der Waals surface area contributed by atoms with E-state index in [-0.39, 0.29) is 5.91 Å². The number of hydrogen-bond donors (Lipinski definition) is 1. The lowest BCUT2D eigenvalue weighted by atomic mass is 10.2. The van der Waals surface area contributed by atoms with Gasteiger partial charge in [0.1, 0.15) is 5.69 Å². The molecule has 0 bridgehead atoms. The number of likely N-dealkylation sites (tertiary alicyclic amines) is 1. The van der Waals surface area contributed by atoms with Gasteiger partial charge in [0.25, 0.3) is 5.91 Å². The lowest BCUT2D eigenvalue weighted by Gasteiger charge is -2.21. The molecule has 1 aromatic heterocycles. The molecule has 0 aliphatic carbocycles. The van der Waals surface area contributed by atoms with Gasteiger partial charge in [-0.1, -0.05) is 6.07 Å². The van der Waals surface area contributed by atoms with Crippen LogP contribution in [-0.4, -0.2) is 53.9 Å². The van der Waals surface area contributed by atoms with E-state index in [4.69, 9.17) is 5.73 Å². The van der Waals surface area contributed by atoms with Gasteiger partial charge in [-0.15, -0.1) is 0 Å². The van der Waals surface area contributed by atoms with Gasteiger partial charge in [0.15, 0.2) is 0 Å². The number of nitrogens with two attached hydrogens (primary N) is 1. The zero-order chi connectivity index (χ0) is 13.7. The van der Waals surface area contributed by atoms with E-state index < -0.39 is 0 Å². The predicted molar refractivity (Wildman–Crippen MR) is 74.8 cm³/mol. The van der Waals surface area contributed by atoms with Crippen molar-refractivity contribution in [2.24, 2.45) is 5.73 Å². The van der Waals surface area contributed by atoms with E-state index >= 15 is 0 Å². The zero-order valence-corrected chi connectivity index (χ0v) is 11.5. The maximum absolute atomic E-state index is 12.2. The van der Waals surface area contributed by atoms with Gasteiger partial charge in [0.2, 0.25) is 0 Å². The molecule has 104 valence electrons. The number of aromatic nitrogens is 1. The fourth-order valence-corrected chi connectivity index (χ4v) is 2.27. The van der Waals surface area contributed by atoms with E-state index in [2.05, 4.69) is 9.88 Å². The molecule has 19 heavy (non-hydrogen) atoms. The Morgan fingerprint density at radius 3 is 2.74 bits per heavy atom. The number of hydrogen-bond acceptors (Lipinski definition) is 4. The van der Waals surface area contributed by atoms with E-state index in [9.17, 15) is 4.79 Å². The summed E-state index contributed by atoms with van der Waals surface area (Å²) in [5.74, 6) is -0.0252. The summed E-state index contributed by atoms with van der Waals surface area (Å²) in [6.45, 7) is 4.46. The Kier molecular flexibility index (Phi) is 4.87. The number of carbonyl (C=O) groups is 1. The van der Waals surface area contributed by atoms with Crippen molar-refractivity contribution in [2.75, 3.05) is 33.2 Å². The highest BCUT2D eigenvalue weighted by Gasteiger charge is 2.16. The molecule has 1 saturated heterocycles. The van der Waals surface area contributed by atoms with E-state index in [1.165, 1.54) is 12.8 Å². The number of carbonyl (C=O) groups excluding carboxylic acids is 1. The van der Waals surface area contributed by atoms with Crippen LogP contribution in [0.5, 0.6) is 0 Å². The number of amides is 1. The molecule has 1 amide bonds. The number of likely N-dealkylation sites (N-methyl/N-ethyl adjacent to an activating group) is 1. The molecule has 1 aliphatic rings. The van der Waals surface area contributed by atoms with Gasteiger partial charge in [-0.2, -0.15) is 0 Å². The zero-order valence-electron chi connectivity index (χ0n) is 11.5. The fraction of sp³-hybridized carbons (Fsp3) is 0.571. The second kappa shape index (κ2) is 6.63. The Morgan fingerprint density at radius 1 is 1.42 bits per heavy atom. The molecular formula is C14H22N4O. The summed E-state index contributed by atoms with van der Waals surface area (Å²) in [6.07, 6.45) is 4.22. The van der Waals surface area contributed by atoms with Gasteiger partial charge in [0.05, 0.1) is 0 Å². The van der Waals surface area contributed by atoms with Gasteiger partial charge in [-0.3, -0.25) is 9.78 Å². The summed E-state index contributed by atoms with van der Waals surface area (Å²) >= 11 is 0. The molecule has 2 heterocycles. The average molecular weight is 262 g/mol. The molecule has 5 nitrogen and oxygen atoms in total. The third-order valence-electron chi connectivity index (χ3n) is 3.58. The molecule has 2 N–H and O–H groups in total. The van der Waals surface area contributed by atoms with Crippen LogP contribution in [0.2, 0.25) is 0 Å². The molecule has 0 saturated carbocycles. The SMILES string of the molecule is CN(CCN1CCCC1)C(=O)c1ccc(CN)cn1. The molecule has 0 spiro atoms. The molecule has 0 atom stereocenters. The second-order valence-electron chi connectivity index (χ2n) is 5.03. The van der Waals surface area contributed by atoms with Crippen molar-refractivity contribution in [3.8, 4) is 0 Å². The van der Waals surface area contributed by atoms with E-state index in [1.54, 1.807) is 17.2 Å². The van der Waals surface area contributed by atoms with Gasteiger partial charge in [-0.05, 0) is 37.6 Å². The normalized spacial score (nSPS) is 15.7. The van der Waals surface area contributed by atoms with Crippen LogP contribution in [-0.2, 0) is 6.54 Å². The van der Waals surface area contributed by atoms with Gasteiger partial charge in [0, 0.05) is 32.9 Å². The smallest absolute Gasteiger partial charge is 0.272 e. The minimum Gasteiger partial charge on any atom is -0.339 e. The molecule has 1 aliphatic heterocycles. The monoisotopic (exact) mass is 262 g/mol. The first kappa shape index (κ1) is 14.0. The summed E-state index contributed by atoms with van der Waals surface area (Å²) in [4.78, 5) is 20.5. The van der Waals surface area contributed by atoms with E-state index in [1.807, 2.05) is 13.1 Å². The van der Waals surface area contributed by atoms with E-state index in [0.29, 0.717) is 12.2 Å². The Hall–Kier alpha value is -1.46. The maximum Gasteiger partial charge on any atom is 0.272 e. The first-order valence-electron chi connectivity index (χ1n) is 6.83. The van der Waals surface area contributed by atoms with Crippen molar-refractivity contribution < 1.29 is 4.79 Å². The molecule has 0 radical (unpaired) electrons. The second-order valence-corrected chi connectivity index (χ2v) is 5.03. The number of nitrogens with zero attached hydrogens (tertiary/aromatic N) is 3. The van der Waals surface area contributed by atoms with Crippen LogP contribution in [0.15, 0.2) is 18.3 Å². The summed E-state index contributed by atoms with van der Waals surface area (Å²) < 4.78 is 0. The van der Waals surface area contributed by atoms with Crippen LogP contribution in [0.1, 0.15) is 28.9 Å². The van der Waals surface area contributed by atoms with Crippen molar-refractivity contribution in [3.05, 3.63) is 29.6 Å². The standard InChI is InChI=1S/C14H22N4O/c1-17(8-9-18-6-2-3-7-18)14(19)13-5-4-12(10-15)11-16-13/h4-5,11H,2-3,6-10,15H2,1H3. The minimum atomic E-state index is -0.0252. The first-order valence-corrected chi connectivity index (χ1v) is 6.83. The van der Waals surface area contributed by atoms with Gasteiger partial charge >= 0.3 is 0 Å². The third-order valence-corrected chi connectivity index (χ3v) is 3.58. The average Bonchev–Trinajstić information content (AvgIpc) is 2.97. The third kappa shape index (κ3) is 3.75. The molecule has 1 aromatic rings. The van der Waals surface area contributed by atoms with Crippen LogP contribution in [0.3, 0.4) is 0 Å². The molecule has 0 aromatic carbocycles. The van der Waals surface area contributed by atoms with Crippen LogP contribution in [0.25, 0.3) is 0 Å². The van der Waals surface area contributed by atoms with E-state index in [0.717, 1.165) is 31.7 Å². The topological polar surface area (TPSA) is 62.5 Å². The van der Waals surface area contributed by atoms with Crippen LogP contribution in [0.4, 0.5) is 0 Å². The molecule has 1 fully saturated rings.